The van der Waals surface area contributed by atoms with E-state index in [1.807, 2.05) is 5.43 Å². The largest absolute Gasteiger partial charge is 0.307 e. The molecule has 0 radical (unpaired) electrons. The summed E-state index contributed by atoms with van der Waals surface area (Å²) in [5, 5.41) is 0. The Morgan fingerprint density at radius 1 is 1.53 bits per heavy atom. The summed E-state index contributed by atoms with van der Waals surface area (Å²) in [6.45, 7) is 1.54. The minimum atomic E-state index is -1.82. The molecule has 94 valence electrons. The number of aromatic nitrogens is 2. The first-order valence-electron chi connectivity index (χ1n) is 4.42. The molecule has 0 saturated carbocycles. The lowest BCUT2D eigenvalue weighted by molar-refractivity contribution is -0.120. The van der Waals surface area contributed by atoms with Gasteiger partial charge in [-0.05, 0) is 6.92 Å². The maximum absolute atomic E-state index is 11.7. The van der Waals surface area contributed by atoms with Gasteiger partial charge < -0.3 is 4.98 Å². The molecule has 0 aliphatic carbocycles. The van der Waals surface area contributed by atoms with Crippen molar-refractivity contribution in [2.24, 2.45) is 5.84 Å². The molecule has 17 heavy (non-hydrogen) atoms. The number of amides is 1. The standard InChI is InChI=1S/C8H9Cl3N4O2/c1-3-4(2-5(16)15-12)6(17)14-7(13-3)8(9,10)11/h2,12H2,1H3,(H,15,16)(H,13,14,17). The normalized spacial score (nSPS) is 11.4. The quantitative estimate of drug-likeness (QED) is 0.319. The molecule has 0 spiro atoms. The Labute approximate surface area is 111 Å². The van der Waals surface area contributed by atoms with E-state index in [0.29, 0.717) is 5.69 Å². The van der Waals surface area contributed by atoms with Gasteiger partial charge in [-0.1, -0.05) is 34.8 Å². The van der Waals surface area contributed by atoms with Crippen molar-refractivity contribution >= 4 is 40.7 Å². The van der Waals surface area contributed by atoms with Gasteiger partial charge in [-0.2, -0.15) is 0 Å². The van der Waals surface area contributed by atoms with Gasteiger partial charge in [0.2, 0.25) is 9.70 Å². The second kappa shape index (κ2) is 5.22. The maximum atomic E-state index is 11.7. The lowest BCUT2D eigenvalue weighted by atomic mass is 10.1. The minimum Gasteiger partial charge on any atom is -0.307 e. The van der Waals surface area contributed by atoms with E-state index >= 15 is 0 Å². The van der Waals surface area contributed by atoms with Crippen LogP contribution < -0.4 is 16.8 Å². The van der Waals surface area contributed by atoms with E-state index in [0.717, 1.165) is 0 Å². The summed E-state index contributed by atoms with van der Waals surface area (Å²) in [5.74, 6) is 4.32. The number of nitrogens with one attached hydrogen (secondary N) is 2. The Morgan fingerprint density at radius 2 is 2.12 bits per heavy atom. The zero-order valence-electron chi connectivity index (χ0n) is 8.68. The molecule has 4 N–H and O–H groups in total. The van der Waals surface area contributed by atoms with E-state index in [1.165, 1.54) is 6.92 Å². The Kier molecular flexibility index (Phi) is 4.37. The number of alkyl halides is 3. The number of carbonyl (C=O) groups excluding carboxylic acids is 1. The lowest BCUT2D eigenvalue weighted by Crippen LogP contribution is -2.34. The van der Waals surface area contributed by atoms with Crippen LogP contribution in [0, 0.1) is 6.92 Å². The Morgan fingerprint density at radius 3 is 2.53 bits per heavy atom. The van der Waals surface area contributed by atoms with Crippen molar-refractivity contribution in [3.63, 3.8) is 0 Å². The van der Waals surface area contributed by atoms with Crippen molar-refractivity contribution in [1.82, 2.24) is 15.4 Å². The monoisotopic (exact) mass is 298 g/mol. The highest BCUT2D eigenvalue weighted by Crippen LogP contribution is 2.35. The van der Waals surface area contributed by atoms with Gasteiger partial charge in [0.15, 0.2) is 5.82 Å². The number of carbonyl (C=O) groups is 1. The minimum absolute atomic E-state index is 0.0955. The average Bonchev–Trinajstić information content (AvgIpc) is 2.21. The number of nitrogens with two attached hydrogens (primary N) is 1. The zero-order valence-corrected chi connectivity index (χ0v) is 10.9. The van der Waals surface area contributed by atoms with E-state index in [1.54, 1.807) is 0 Å². The van der Waals surface area contributed by atoms with Gasteiger partial charge in [0, 0.05) is 11.3 Å². The SMILES string of the molecule is Cc1nc(C(Cl)(Cl)Cl)[nH]c(=O)c1CC(=O)NN. The Hall–Kier alpha value is -0.820. The average molecular weight is 300 g/mol. The van der Waals surface area contributed by atoms with Crippen molar-refractivity contribution in [2.75, 3.05) is 0 Å². The number of aromatic amines is 1. The number of halogens is 3. The highest BCUT2D eigenvalue weighted by atomic mass is 35.6. The third-order valence-electron chi connectivity index (χ3n) is 1.99. The number of rotatable bonds is 2. The number of H-pyrrole nitrogens is 1. The van der Waals surface area contributed by atoms with Crippen LogP contribution in [-0.2, 0) is 15.0 Å². The second-order valence-corrected chi connectivity index (χ2v) is 5.50. The smallest absolute Gasteiger partial charge is 0.254 e. The fourth-order valence-electron chi connectivity index (χ4n) is 1.16. The van der Waals surface area contributed by atoms with E-state index in [2.05, 4.69) is 9.97 Å². The highest BCUT2D eigenvalue weighted by Gasteiger charge is 2.27. The fourth-order valence-corrected chi connectivity index (χ4v) is 1.43. The van der Waals surface area contributed by atoms with Crippen molar-refractivity contribution in [3.05, 3.63) is 27.4 Å². The number of nitrogens with zero attached hydrogens (tertiary/aromatic N) is 1. The van der Waals surface area contributed by atoms with Crippen LogP contribution in [0.25, 0.3) is 0 Å². The highest BCUT2D eigenvalue weighted by molar-refractivity contribution is 6.66. The van der Waals surface area contributed by atoms with Crippen LogP contribution >= 0.6 is 34.8 Å². The van der Waals surface area contributed by atoms with Crippen molar-refractivity contribution in [2.45, 2.75) is 17.1 Å². The van der Waals surface area contributed by atoms with Gasteiger partial charge in [-0.25, -0.2) is 10.8 Å². The fraction of sp³-hybridized carbons (Fsp3) is 0.375. The Balaban J connectivity index is 3.21. The second-order valence-electron chi connectivity index (χ2n) is 3.22. The molecule has 0 aliphatic heterocycles. The molecule has 0 atom stereocenters. The molecule has 1 aromatic rings. The molecular formula is C8H9Cl3N4O2. The first kappa shape index (κ1) is 14.2. The molecule has 0 aromatic carbocycles. The lowest BCUT2D eigenvalue weighted by Gasteiger charge is -2.12. The zero-order chi connectivity index (χ0) is 13.2. The van der Waals surface area contributed by atoms with Crippen LogP contribution in [0.3, 0.4) is 0 Å². The molecule has 1 heterocycles. The van der Waals surface area contributed by atoms with Gasteiger partial charge in [0.05, 0.1) is 6.42 Å². The third kappa shape index (κ3) is 3.57. The summed E-state index contributed by atoms with van der Waals surface area (Å²) in [7, 11) is 0. The van der Waals surface area contributed by atoms with Crippen molar-refractivity contribution < 1.29 is 4.79 Å². The molecule has 0 bridgehead atoms. The molecule has 6 nitrogen and oxygen atoms in total. The first-order valence-corrected chi connectivity index (χ1v) is 5.55. The number of hydrogen-bond acceptors (Lipinski definition) is 4. The molecule has 0 fully saturated rings. The summed E-state index contributed by atoms with van der Waals surface area (Å²) in [5.41, 5.74) is 1.85. The van der Waals surface area contributed by atoms with Crippen molar-refractivity contribution in [1.29, 1.82) is 0 Å². The summed E-state index contributed by atoms with van der Waals surface area (Å²) < 4.78 is -1.82. The maximum Gasteiger partial charge on any atom is 0.254 e. The van der Waals surface area contributed by atoms with Gasteiger partial charge >= 0.3 is 0 Å². The van der Waals surface area contributed by atoms with Crippen LogP contribution in [0.1, 0.15) is 17.1 Å². The molecule has 9 heteroatoms. The number of aryl methyl sites for hydroxylation is 1. The summed E-state index contributed by atoms with van der Waals surface area (Å²) in [6.07, 6.45) is -0.190. The molecule has 0 unspecified atom stereocenters. The van der Waals surface area contributed by atoms with Gasteiger partial charge in [-0.15, -0.1) is 0 Å². The number of hydrogen-bond donors (Lipinski definition) is 3. The predicted molar refractivity (Wildman–Crippen MR) is 64.9 cm³/mol. The van der Waals surface area contributed by atoms with Gasteiger partial charge in [0.1, 0.15) is 0 Å². The Bertz CT molecular complexity index is 495. The van der Waals surface area contributed by atoms with E-state index < -0.39 is 15.3 Å². The molecule has 1 rings (SSSR count). The molecule has 0 aliphatic rings. The molecule has 1 amide bonds. The third-order valence-corrected chi connectivity index (χ3v) is 2.53. The number of hydrazine groups is 1. The summed E-state index contributed by atoms with van der Waals surface area (Å²) >= 11 is 16.8. The molecule has 0 saturated heterocycles. The van der Waals surface area contributed by atoms with E-state index in [4.69, 9.17) is 40.6 Å². The van der Waals surface area contributed by atoms with Gasteiger partial charge in [0.25, 0.3) is 5.56 Å². The van der Waals surface area contributed by atoms with Crippen molar-refractivity contribution in [3.8, 4) is 0 Å². The topological polar surface area (TPSA) is 101 Å². The van der Waals surface area contributed by atoms with Crippen LogP contribution in [0.5, 0.6) is 0 Å². The van der Waals surface area contributed by atoms with Crippen LogP contribution in [-0.4, -0.2) is 15.9 Å². The van der Waals surface area contributed by atoms with E-state index in [-0.39, 0.29) is 17.8 Å². The van der Waals surface area contributed by atoms with Crippen LogP contribution in [0.15, 0.2) is 4.79 Å². The first-order chi connectivity index (χ1) is 7.75. The summed E-state index contributed by atoms with van der Waals surface area (Å²) in [4.78, 5) is 29.0. The van der Waals surface area contributed by atoms with Crippen LogP contribution in [0.4, 0.5) is 0 Å². The molecule has 1 aromatic heterocycles. The molecular weight excluding hydrogens is 290 g/mol. The van der Waals surface area contributed by atoms with Crippen LogP contribution in [0.2, 0.25) is 0 Å². The summed E-state index contributed by atoms with van der Waals surface area (Å²) in [6, 6.07) is 0. The predicted octanol–water partition coefficient (Wildman–Crippen LogP) is 0.437. The van der Waals surface area contributed by atoms with Gasteiger partial charge in [-0.3, -0.25) is 15.0 Å². The van der Waals surface area contributed by atoms with E-state index in [9.17, 15) is 9.59 Å².